The smallest absolute Gasteiger partial charge is 0.407 e. The number of nitrogens with zero attached hydrogens (tertiary/aromatic N) is 1. The number of carbonyl (C=O) groups excluding carboxylic acids is 2. The van der Waals surface area contributed by atoms with Gasteiger partial charge in [-0.25, -0.2) is 9.59 Å². The fourth-order valence-corrected chi connectivity index (χ4v) is 2.09. The zero-order valence-corrected chi connectivity index (χ0v) is 16.9. The molecule has 11 heteroatoms. The molecule has 0 spiro atoms. The highest BCUT2D eigenvalue weighted by Gasteiger charge is 2.21. The molecular weight excluding hydrogens is 394 g/mol. The van der Waals surface area contributed by atoms with Gasteiger partial charge in [-0.15, -0.1) is 0 Å². The predicted molar refractivity (Wildman–Crippen MR) is 109 cm³/mol. The number of hydrogen-bond acceptors (Lipinski definition) is 7. The quantitative estimate of drug-likeness (QED) is 0.143. The lowest BCUT2D eigenvalue weighted by Gasteiger charge is -2.15. The minimum Gasteiger partial charge on any atom is -0.480 e. The number of ether oxygens (including phenoxy) is 1. The minimum absolute atomic E-state index is 0.0487. The van der Waals surface area contributed by atoms with E-state index in [1.54, 1.807) is 31.2 Å². The fraction of sp³-hybridized carbons (Fsp3) is 0.421. The van der Waals surface area contributed by atoms with Crippen molar-refractivity contribution in [3.8, 4) is 0 Å². The van der Waals surface area contributed by atoms with Crippen LogP contribution in [0.4, 0.5) is 4.79 Å². The molecule has 0 saturated heterocycles. The third-order valence-corrected chi connectivity index (χ3v) is 3.84. The summed E-state index contributed by atoms with van der Waals surface area (Å²) in [6, 6.07) is 5.41. The number of carbonyl (C=O) groups is 3. The number of hydrogen-bond donors (Lipinski definition) is 5. The van der Waals surface area contributed by atoms with Gasteiger partial charge in [-0.05, 0) is 18.9 Å². The summed E-state index contributed by atoms with van der Waals surface area (Å²) in [5, 5.41) is 24.8. The zero-order chi connectivity index (χ0) is 22.5. The lowest BCUT2D eigenvalue weighted by molar-refractivity contribution is -0.139. The van der Waals surface area contributed by atoms with Crippen molar-refractivity contribution in [1.29, 1.82) is 5.41 Å². The van der Waals surface area contributed by atoms with Gasteiger partial charge < -0.3 is 31.0 Å². The molecule has 0 radical (unpaired) electrons. The Morgan fingerprint density at radius 1 is 1.23 bits per heavy atom. The second-order valence-electron chi connectivity index (χ2n) is 6.27. The fourth-order valence-electron chi connectivity index (χ4n) is 2.09. The van der Waals surface area contributed by atoms with Gasteiger partial charge in [-0.3, -0.25) is 10.2 Å². The van der Waals surface area contributed by atoms with Crippen molar-refractivity contribution in [3.05, 3.63) is 35.4 Å². The van der Waals surface area contributed by atoms with E-state index in [4.69, 9.17) is 25.8 Å². The molecule has 30 heavy (non-hydrogen) atoms. The van der Waals surface area contributed by atoms with E-state index in [1.165, 1.54) is 0 Å². The van der Waals surface area contributed by atoms with Crippen LogP contribution in [-0.4, -0.2) is 60.4 Å². The SMILES string of the molecule is CCCCOC(=O)N[C@@H](CNC(=O)CON=C(C)c1ccc(C(=N)N)cc1)C(=O)O. The maximum atomic E-state index is 11.8. The molecule has 0 bridgehead atoms. The van der Waals surface area contributed by atoms with Crippen molar-refractivity contribution in [3.63, 3.8) is 0 Å². The second-order valence-corrected chi connectivity index (χ2v) is 6.27. The summed E-state index contributed by atoms with van der Waals surface area (Å²) in [6.07, 6.45) is 0.634. The van der Waals surface area contributed by atoms with E-state index in [0.29, 0.717) is 17.7 Å². The van der Waals surface area contributed by atoms with Crippen molar-refractivity contribution < 1.29 is 29.1 Å². The minimum atomic E-state index is -1.34. The highest BCUT2D eigenvalue weighted by atomic mass is 16.6. The maximum Gasteiger partial charge on any atom is 0.407 e. The lowest BCUT2D eigenvalue weighted by Crippen LogP contribution is -2.49. The lowest BCUT2D eigenvalue weighted by atomic mass is 10.1. The van der Waals surface area contributed by atoms with Crippen LogP contribution < -0.4 is 16.4 Å². The Labute approximate surface area is 174 Å². The number of alkyl carbamates (subject to hydrolysis) is 1. The number of amides is 2. The van der Waals surface area contributed by atoms with Crippen LogP contribution in [0.1, 0.15) is 37.8 Å². The van der Waals surface area contributed by atoms with Crippen LogP contribution in [0.3, 0.4) is 0 Å². The van der Waals surface area contributed by atoms with E-state index < -0.39 is 30.6 Å². The van der Waals surface area contributed by atoms with Crippen molar-refractivity contribution in [2.24, 2.45) is 10.9 Å². The first kappa shape index (κ1) is 24.4. The van der Waals surface area contributed by atoms with Crippen LogP contribution >= 0.6 is 0 Å². The summed E-state index contributed by atoms with van der Waals surface area (Å²) in [7, 11) is 0. The average molecular weight is 421 g/mol. The van der Waals surface area contributed by atoms with Gasteiger partial charge in [0.05, 0.1) is 12.3 Å². The molecule has 0 unspecified atom stereocenters. The zero-order valence-electron chi connectivity index (χ0n) is 16.9. The first-order valence-corrected chi connectivity index (χ1v) is 9.28. The molecule has 0 aliphatic rings. The third-order valence-electron chi connectivity index (χ3n) is 3.84. The van der Waals surface area contributed by atoms with E-state index in [0.717, 1.165) is 12.0 Å². The van der Waals surface area contributed by atoms with E-state index in [9.17, 15) is 14.4 Å². The molecule has 2 amide bonds. The van der Waals surface area contributed by atoms with E-state index in [2.05, 4.69) is 15.8 Å². The van der Waals surface area contributed by atoms with E-state index >= 15 is 0 Å². The molecule has 0 aliphatic carbocycles. The van der Waals surface area contributed by atoms with Gasteiger partial charge in [0.2, 0.25) is 0 Å². The van der Waals surface area contributed by atoms with Gasteiger partial charge >= 0.3 is 12.1 Å². The summed E-state index contributed by atoms with van der Waals surface area (Å²) in [5.41, 5.74) is 7.18. The van der Waals surface area contributed by atoms with Crippen LogP contribution in [0.2, 0.25) is 0 Å². The van der Waals surface area contributed by atoms with Crippen LogP contribution in [0.5, 0.6) is 0 Å². The van der Waals surface area contributed by atoms with Gasteiger partial charge in [0.1, 0.15) is 11.9 Å². The van der Waals surface area contributed by atoms with Crippen molar-refractivity contribution in [2.45, 2.75) is 32.7 Å². The Morgan fingerprint density at radius 3 is 2.43 bits per heavy atom. The van der Waals surface area contributed by atoms with Crippen LogP contribution in [-0.2, 0) is 19.2 Å². The summed E-state index contributed by atoms with van der Waals surface area (Å²) in [6.45, 7) is 3.01. The molecule has 1 rings (SSSR count). The largest absolute Gasteiger partial charge is 0.480 e. The molecule has 0 heterocycles. The number of carboxylic acid groups (broad SMARTS) is 1. The van der Waals surface area contributed by atoms with Crippen molar-refractivity contribution in [2.75, 3.05) is 19.8 Å². The highest BCUT2D eigenvalue weighted by molar-refractivity contribution is 6.00. The molecule has 164 valence electrons. The topological polar surface area (TPSA) is 176 Å². The number of oxime groups is 1. The standard InChI is InChI=1S/C19H27N5O6/c1-3-4-9-29-19(28)23-15(18(26)27)10-22-16(25)11-30-24-12(2)13-5-7-14(8-6-13)17(20)21/h5-8,15H,3-4,9-11H2,1-2H3,(H3,20,21)(H,22,25)(H,23,28)(H,26,27)/t15-/m0/s1. The molecule has 0 fully saturated rings. The molecule has 1 atom stereocenters. The predicted octanol–water partition coefficient (Wildman–Crippen LogP) is 0.807. The van der Waals surface area contributed by atoms with Gasteiger partial charge in [0.25, 0.3) is 5.91 Å². The van der Waals surface area contributed by atoms with Crippen molar-refractivity contribution in [1.82, 2.24) is 10.6 Å². The molecule has 1 aromatic rings. The summed E-state index contributed by atoms with van der Waals surface area (Å²) in [4.78, 5) is 39.6. The highest BCUT2D eigenvalue weighted by Crippen LogP contribution is 2.05. The molecule has 0 saturated carbocycles. The molecule has 6 N–H and O–H groups in total. The van der Waals surface area contributed by atoms with Crippen LogP contribution in [0, 0.1) is 5.41 Å². The summed E-state index contributed by atoms with van der Waals surface area (Å²) in [5.74, 6) is -1.97. The number of rotatable bonds is 12. The molecule has 1 aromatic carbocycles. The Hall–Kier alpha value is -3.63. The summed E-state index contributed by atoms with van der Waals surface area (Å²) >= 11 is 0. The second kappa shape index (κ2) is 12.8. The van der Waals surface area contributed by atoms with Crippen LogP contribution in [0.25, 0.3) is 0 Å². The molecule has 11 nitrogen and oxygen atoms in total. The maximum absolute atomic E-state index is 11.8. The number of carboxylic acids is 1. The molecule has 0 aromatic heterocycles. The normalized spacial score (nSPS) is 11.9. The van der Waals surface area contributed by atoms with E-state index in [1.807, 2.05) is 6.92 Å². The number of aliphatic carboxylic acids is 1. The Morgan fingerprint density at radius 2 is 1.87 bits per heavy atom. The number of nitrogens with two attached hydrogens (primary N) is 1. The number of nitrogen functional groups attached to an aromatic ring is 1. The first-order chi connectivity index (χ1) is 14.2. The molecular formula is C19H27N5O6. The van der Waals surface area contributed by atoms with Gasteiger partial charge in [-0.2, -0.15) is 0 Å². The van der Waals surface area contributed by atoms with Crippen molar-refractivity contribution >= 4 is 29.5 Å². The van der Waals surface area contributed by atoms with Gasteiger partial charge in [-0.1, -0.05) is 42.8 Å². The van der Waals surface area contributed by atoms with Gasteiger partial charge in [0.15, 0.2) is 6.61 Å². The summed E-state index contributed by atoms with van der Waals surface area (Å²) < 4.78 is 4.84. The number of amidine groups is 1. The van der Waals surface area contributed by atoms with Crippen LogP contribution in [0.15, 0.2) is 29.4 Å². The third kappa shape index (κ3) is 9.04. The number of benzene rings is 1. The van der Waals surface area contributed by atoms with Gasteiger partial charge in [0, 0.05) is 12.1 Å². The number of unbranched alkanes of at least 4 members (excludes halogenated alkanes) is 1. The van der Waals surface area contributed by atoms with E-state index in [-0.39, 0.29) is 19.0 Å². The number of nitrogens with one attached hydrogen (secondary N) is 3. The molecule has 0 aliphatic heterocycles. The average Bonchev–Trinajstić information content (AvgIpc) is 2.71. The Bertz CT molecular complexity index is 778. The Kier molecular flexibility index (Phi) is 10.4. The monoisotopic (exact) mass is 421 g/mol. The Balaban J connectivity index is 2.44. The first-order valence-electron chi connectivity index (χ1n) is 9.28.